The smallest absolute Gasteiger partial charge is 0.116 e. The average molecular weight is 227 g/mol. The van der Waals surface area contributed by atoms with E-state index in [4.69, 9.17) is 4.74 Å². The number of methoxy groups -OCH3 is 1. The Balaban J connectivity index is 0. The van der Waals surface area contributed by atoms with E-state index in [-0.39, 0.29) is 0 Å². The van der Waals surface area contributed by atoms with Crippen LogP contribution in [0.25, 0.3) is 0 Å². The Hall–Kier alpha value is -0.920. The maximum atomic E-state index is 5.27. The Labute approximate surface area is 102 Å². The summed E-state index contributed by atoms with van der Waals surface area (Å²) in [7, 11) is 3.80. The van der Waals surface area contributed by atoms with Crippen LogP contribution in [0, 0.1) is 0 Å². The van der Waals surface area contributed by atoms with Crippen molar-refractivity contribution in [2.24, 2.45) is 0 Å². The molecular formula is C14H29NO. The number of likely N-dealkylation sites (N-methyl/N-ethyl adjacent to an activating group) is 1. The van der Waals surface area contributed by atoms with E-state index in [0.717, 1.165) is 18.7 Å². The minimum Gasteiger partial charge on any atom is -0.499 e. The van der Waals surface area contributed by atoms with Crippen LogP contribution in [0.3, 0.4) is 0 Å². The maximum Gasteiger partial charge on any atom is 0.116 e. The predicted octanol–water partition coefficient (Wildman–Crippen LogP) is 4.20. The predicted molar refractivity (Wildman–Crippen MR) is 73.4 cm³/mol. The second-order valence-corrected chi connectivity index (χ2v) is 3.50. The molecule has 0 fully saturated rings. The van der Waals surface area contributed by atoms with Gasteiger partial charge >= 0.3 is 0 Å². The molecule has 0 aromatic rings. The molecule has 0 aromatic heterocycles. The van der Waals surface area contributed by atoms with Crippen molar-refractivity contribution < 1.29 is 4.74 Å². The van der Waals surface area contributed by atoms with E-state index in [2.05, 4.69) is 38.8 Å². The molecule has 0 unspecified atom stereocenters. The van der Waals surface area contributed by atoms with Crippen molar-refractivity contribution in [3.8, 4) is 0 Å². The van der Waals surface area contributed by atoms with Crippen molar-refractivity contribution in [1.82, 2.24) is 4.90 Å². The topological polar surface area (TPSA) is 12.5 Å². The molecule has 0 saturated heterocycles. The third kappa shape index (κ3) is 6.54. The largest absolute Gasteiger partial charge is 0.499 e. The first kappa shape index (κ1) is 17.5. The lowest BCUT2D eigenvalue weighted by Gasteiger charge is -2.20. The van der Waals surface area contributed by atoms with Crippen LogP contribution in [-0.2, 0) is 4.74 Å². The van der Waals surface area contributed by atoms with Crippen LogP contribution in [0.1, 0.15) is 48.0 Å². The molecule has 0 radical (unpaired) electrons. The van der Waals surface area contributed by atoms with Gasteiger partial charge in [0.25, 0.3) is 0 Å². The monoisotopic (exact) mass is 227 g/mol. The van der Waals surface area contributed by atoms with E-state index in [1.807, 2.05) is 20.8 Å². The molecule has 0 amide bonds. The quantitative estimate of drug-likeness (QED) is 0.515. The Morgan fingerprint density at radius 3 is 2.00 bits per heavy atom. The van der Waals surface area contributed by atoms with Crippen molar-refractivity contribution in [2.75, 3.05) is 20.7 Å². The second kappa shape index (κ2) is 10.6. The Bertz CT molecular complexity index is 229. The van der Waals surface area contributed by atoms with Crippen LogP contribution in [0.4, 0.5) is 0 Å². The molecule has 0 heterocycles. The van der Waals surface area contributed by atoms with Gasteiger partial charge in [-0.25, -0.2) is 0 Å². The zero-order valence-electron chi connectivity index (χ0n) is 12.3. The highest BCUT2D eigenvalue weighted by molar-refractivity contribution is 5.23. The van der Waals surface area contributed by atoms with Crippen molar-refractivity contribution in [1.29, 1.82) is 0 Å². The van der Waals surface area contributed by atoms with Crippen LogP contribution in [0.5, 0.6) is 0 Å². The molecule has 0 aliphatic carbocycles. The summed E-state index contributed by atoms with van der Waals surface area (Å²) in [5, 5.41) is 0. The lowest BCUT2D eigenvalue weighted by Crippen LogP contribution is -2.17. The normalized spacial score (nSPS) is 12.4. The fourth-order valence-electron chi connectivity index (χ4n) is 1.09. The first-order chi connectivity index (χ1) is 7.56. The van der Waals surface area contributed by atoms with Gasteiger partial charge in [0, 0.05) is 13.6 Å². The molecule has 0 rings (SSSR count). The van der Waals surface area contributed by atoms with Crippen LogP contribution in [-0.4, -0.2) is 25.6 Å². The Kier molecular flexibility index (Phi) is 11.6. The molecule has 0 aromatic carbocycles. The van der Waals surface area contributed by atoms with Crippen molar-refractivity contribution in [2.45, 2.75) is 48.0 Å². The lowest BCUT2D eigenvalue weighted by molar-refractivity contribution is 0.273. The molecular weight excluding hydrogens is 198 g/mol. The van der Waals surface area contributed by atoms with E-state index in [0.29, 0.717) is 0 Å². The first-order valence-electron chi connectivity index (χ1n) is 6.19. The molecule has 0 aliphatic rings. The van der Waals surface area contributed by atoms with Crippen LogP contribution < -0.4 is 0 Å². The molecule has 2 heteroatoms. The Morgan fingerprint density at radius 2 is 1.69 bits per heavy atom. The van der Waals surface area contributed by atoms with Gasteiger partial charge in [0.1, 0.15) is 5.76 Å². The number of hydrogen-bond donors (Lipinski definition) is 0. The highest BCUT2D eigenvalue weighted by Gasteiger charge is 2.04. The van der Waals surface area contributed by atoms with Crippen molar-refractivity contribution >= 4 is 0 Å². The molecule has 16 heavy (non-hydrogen) atoms. The number of ether oxygens (including phenoxy) is 1. The SMILES string of the molecule is CC.CC/C(C)=C\C(=C(/C)OC)N(C)CC. The zero-order chi connectivity index (χ0) is 13.1. The highest BCUT2D eigenvalue weighted by atomic mass is 16.5. The lowest BCUT2D eigenvalue weighted by atomic mass is 10.2. The minimum atomic E-state index is 0.974. The number of hydrogen-bond acceptors (Lipinski definition) is 2. The van der Waals surface area contributed by atoms with Crippen LogP contribution in [0.15, 0.2) is 23.1 Å². The average Bonchev–Trinajstić information content (AvgIpc) is 2.35. The minimum absolute atomic E-state index is 0.974. The van der Waals surface area contributed by atoms with Gasteiger partial charge in [-0.2, -0.15) is 0 Å². The maximum absolute atomic E-state index is 5.27. The molecule has 0 bridgehead atoms. The molecule has 96 valence electrons. The fraction of sp³-hybridized carbons (Fsp3) is 0.714. The zero-order valence-corrected chi connectivity index (χ0v) is 12.3. The third-order valence-electron chi connectivity index (χ3n) is 2.49. The summed E-state index contributed by atoms with van der Waals surface area (Å²) in [5.41, 5.74) is 2.55. The van der Waals surface area contributed by atoms with Crippen LogP contribution in [0.2, 0.25) is 0 Å². The summed E-state index contributed by atoms with van der Waals surface area (Å²) >= 11 is 0. The molecule has 0 spiro atoms. The standard InChI is InChI=1S/C12H23NO.C2H6/c1-7-10(3)9-12(11(4)14-6)13(5)8-2;1-2/h9H,7-8H2,1-6H3;1-2H3/b10-9-,12-11-;. The van der Waals surface area contributed by atoms with Gasteiger partial charge in [0.2, 0.25) is 0 Å². The second-order valence-electron chi connectivity index (χ2n) is 3.50. The van der Waals surface area contributed by atoms with Gasteiger partial charge in [0.15, 0.2) is 0 Å². The van der Waals surface area contributed by atoms with Gasteiger partial charge in [-0.3, -0.25) is 0 Å². The summed E-state index contributed by atoms with van der Waals surface area (Å²) in [6.07, 6.45) is 3.28. The van der Waals surface area contributed by atoms with Crippen molar-refractivity contribution in [3.05, 3.63) is 23.1 Å². The first-order valence-corrected chi connectivity index (χ1v) is 6.19. The summed E-state index contributed by atoms with van der Waals surface area (Å²) in [5.74, 6) is 0.974. The van der Waals surface area contributed by atoms with E-state index >= 15 is 0 Å². The number of nitrogens with zero attached hydrogens (tertiary/aromatic N) is 1. The van der Waals surface area contributed by atoms with Crippen molar-refractivity contribution in [3.63, 3.8) is 0 Å². The molecule has 0 saturated carbocycles. The molecule has 0 atom stereocenters. The van der Waals surface area contributed by atoms with Gasteiger partial charge in [-0.15, -0.1) is 0 Å². The molecule has 2 nitrogen and oxygen atoms in total. The van der Waals surface area contributed by atoms with E-state index in [1.54, 1.807) is 7.11 Å². The van der Waals surface area contributed by atoms with E-state index < -0.39 is 0 Å². The summed E-state index contributed by atoms with van der Waals surface area (Å²) in [6.45, 7) is 13.4. The summed E-state index contributed by atoms with van der Waals surface area (Å²) in [4.78, 5) is 2.19. The van der Waals surface area contributed by atoms with Gasteiger partial charge < -0.3 is 9.64 Å². The van der Waals surface area contributed by atoms with E-state index in [9.17, 15) is 0 Å². The summed E-state index contributed by atoms with van der Waals surface area (Å²) in [6, 6.07) is 0. The Morgan fingerprint density at radius 1 is 1.19 bits per heavy atom. The van der Waals surface area contributed by atoms with E-state index in [1.165, 1.54) is 11.3 Å². The summed E-state index contributed by atoms with van der Waals surface area (Å²) < 4.78 is 5.27. The van der Waals surface area contributed by atoms with Crippen LogP contribution >= 0.6 is 0 Å². The molecule has 0 aliphatic heterocycles. The third-order valence-corrected chi connectivity index (χ3v) is 2.49. The molecule has 0 N–H and O–H groups in total. The fourth-order valence-corrected chi connectivity index (χ4v) is 1.09. The highest BCUT2D eigenvalue weighted by Crippen LogP contribution is 2.14. The number of rotatable bonds is 5. The van der Waals surface area contributed by atoms with Gasteiger partial charge in [-0.05, 0) is 33.3 Å². The number of allylic oxidation sites excluding steroid dienone is 3. The van der Waals surface area contributed by atoms with Gasteiger partial charge in [-0.1, -0.05) is 26.3 Å². The van der Waals surface area contributed by atoms with Gasteiger partial charge in [0.05, 0.1) is 12.8 Å².